The van der Waals surface area contributed by atoms with Crippen molar-refractivity contribution in [2.24, 2.45) is 0 Å². The van der Waals surface area contributed by atoms with Crippen LogP contribution in [0.15, 0.2) is 36.5 Å². The van der Waals surface area contributed by atoms with E-state index in [1.807, 2.05) is 43.5 Å². The standard InChI is InChI=1S/C14H13NO3/c1-9-3-2-6-15(9)11-4-5-12-10(7-11)8-13(18-12)14(16)17/h2-7,13H,8H2,1H3,(H,16,17). The van der Waals surface area contributed by atoms with Gasteiger partial charge in [-0.2, -0.15) is 0 Å². The number of rotatable bonds is 2. The van der Waals surface area contributed by atoms with Gasteiger partial charge in [0.25, 0.3) is 0 Å². The summed E-state index contributed by atoms with van der Waals surface area (Å²) in [5.41, 5.74) is 3.13. The van der Waals surface area contributed by atoms with Crippen molar-refractivity contribution in [2.45, 2.75) is 19.4 Å². The van der Waals surface area contributed by atoms with Gasteiger partial charge in [-0.25, -0.2) is 4.79 Å². The molecule has 18 heavy (non-hydrogen) atoms. The summed E-state index contributed by atoms with van der Waals surface area (Å²) in [4.78, 5) is 10.9. The van der Waals surface area contributed by atoms with E-state index in [4.69, 9.17) is 9.84 Å². The zero-order valence-corrected chi connectivity index (χ0v) is 9.96. The molecule has 1 aromatic carbocycles. The van der Waals surface area contributed by atoms with Crippen molar-refractivity contribution < 1.29 is 14.6 Å². The zero-order chi connectivity index (χ0) is 12.7. The van der Waals surface area contributed by atoms with Crippen LogP contribution >= 0.6 is 0 Å². The first-order valence-electron chi connectivity index (χ1n) is 5.82. The van der Waals surface area contributed by atoms with Crippen LogP contribution < -0.4 is 4.74 Å². The summed E-state index contributed by atoms with van der Waals surface area (Å²) in [7, 11) is 0. The Bertz CT molecular complexity index is 615. The lowest BCUT2D eigenvalue weighted by Crippen LogP contribution is -2.24. The van der Waals surface area contributed by atoms with E-state index in [1.54, 1.807) is 0 Å². The van der Waals surface area contributed by atoms with Gasteiger partial charge in [0.1, 0.15) is 5.75 Å². The van der Waals surface area contributed by atoms with Crippen molar-refractivity contribution in [1.82, 2.24) is 4.57 Å². The maximum absolute atomic E-state index is 10.9. The number of carboxylic acids is 1. The van der Waals surface area contributed by atoms with Crippen molar-refractivity contribution in [1.29, 1.82) is 0 Å². The van der Waals surface area contributed by atoms with Crippen molar-refractivity contribution in [2.75, 3.05) is 0 Å². The number of carbonyl (C=O) groups is 1. The summed E-state index contributed by atoms with van der Waals surface area (Å²) in [6, 6.07) is 9.79. The Balaban J connectivity index is 1.97. The molecule has 1 N–H and O–H groups in total. The summed E-state index contributed by atoms with van der Waals surface area (Å²) in [6.07, 6.45) is 1.67. The number of aromatic nitrogens is 1. The molecule has 0 aliphatic carbocycles. The first-order valence-corrected chi connectivity index (χ1v) is 5.82. The Morgan fingerprint density at radius 2 is 2.28 bits per heavy atom. The number of fused-ring (bicyclic) bond motifs is 1. The molecule has 1 atom stereocenters. The second-order valence-electron chi connectivity index (χ2n) is 4.46. The fraction of sp³-hybridized carbons (Fsp3) is 0.214. The van der Waals surface area contributed by atoms with Crippen LogP contribution in [-0.4, -0.2) is 21.7 Å². The van der Waals surface area contributed by atoms with Crippen LogP contribution in [0.5, 0.6) is 5.75 Å². The van der Waals surface area contributed by atoms with Gasteiger partial charge in [0.15, 0.2) is 6.10 Å². The van der Waals surface area contributed by atoms with Crippen molar-refractivity contribution in [3.63, 3.8) is 0 Å². The third-order valence-electron chi connectivity index (χ3n) is 3.22. The van der Waals surface area contributed by atoms with Crippen LogP contribution in [0, 0.1) is 6.92 Å². The maximum Gasteiger partial charge on any atom is 0.345 e. The molecule has 1 aromatic heterocycles. The van der Waals surface area contributed by atoms with Gasteiger partial charge in [0, 0.05) is 29.6 Å². The molecule has 0 bridgehead atoms. The van der Waals surface area contributed by atoms with Gasteiger partial charge in [0.2, 0.25) is 0 Å². The Morgan fingerprint density at radius 1 is 1.44 bits per heavy atom. The highest BCUT2D eigenvalue weighted by molar-refractivity contribution is 5.75. The average molecular weight is 243 g/mol. The predicted molar refractivity (Wildman–Crippen MR) is 66.3 cm³/mol. The molecule has 2 heterocycles. The normalized spacial score (nSPS) is 17.3. The molecular formula is C14H13NO3. The lowest BCUT2D eigenvalue weighted by Gasteiger charge is -2.07. The number of aliphatic carboxylic acids is 1. The van der Waals surface area contributed by atoms with E-state index in [-0.39, 0.29) is 0 Å². The van der Waals surface area contributed by atoms with Crippen LogP contribution in [0.3, 0.4) is 0 Å². The second kappa shape index (κ2) is 3.91. The average Bonchev–Trinajstić information content (AvgIpc) is 2.93. The summed E-state index contributed by atoms with van der Waals surface area (Å²) in [5, 5.41) is 8.95. The largest absolute Gasteiger partial charge is 0.478 e. The smallest absolute Gasteiger partial charge is 0.345 e. The number of benzene rings is 1. The van der Waals surface area contributed by atoms with Crippen molar-refractivity contribution in [3.05, 3.63) is 47.8 Å². The highest BCUT2D eigenvalue weighted by atomic mass is 16.5. The third-order valence-corrected chi connectivity index (χ3v) is 3.22. The molecule has 92 valence electrons. The van der Waals surface area contributed by atoms with Crippen LogP contribution in [-0.2, 0) is 11.2 Å². The number of ether oxygens (including phenoxy) is 1. The molecule has 1 unspecified atom stereocenters. The number of hydrogen-bond donors (Lipinski definition) is 1. The molecule has 1 aliphatic heterocycles. The van der Waals surface area contributed by atoms with E-state index in [2.05, 4.69) is 4.57 Å². The molecule has 0 radical (unpaired) electrons. The molecule has 0 spiro atoms. The molecular weight excluding hydrogens is 230 g/mol. The second-order valence-corrected chi connectivity index (χ2v) is 4.46. The zero-order valence-electron chi connectivity index (χ0n) is 9.96. The lowest BCUT2D eigenvalue weighted by atomic mass is 10.1. The monoisotopic (exact) mass is 243 g/mol. The summed E-state index contributed by atoms with van der Waals surface area (Å²) in [5.74, 6) is -0.235. The lowest BCUT2D eigenvalue weighted by molar-refractivity contribution is -0.144. The van der Waals surface area contributed by atoms with Crippen molar-refractivity contribution >= 4 is 5.97 Å². The quantitative estimate of drug-likeness (QED) is 0.879. The van der Waals surface area contributed by atoms with Gasteiger partial charge in [-0.1, -0.05) is 0 Å². The fourth-order valence-electron chi connectivity index (χ4n) is 2.28. The first kappa shape index (κ1) is 10.9. The maximum atomic E-state index is 10.9. The Morgan fingerprint density at radius 3 is 2.94 bits per heavy atom. The van der Waals surface area contributed by atoms with Gasteiger partial charge in [-0.05, 0) is 37.3 Å². The minimum Gasteiger partial charge on any atom is -0.478 e. The molecule has 4 heteroatoms. The van der Waals surface area contributed by atoms with E-state index >= 15 is 0 Å². The van der Waals surface area contributed by atoms with Crippen LogP contribution in [0.4, 0.5) is 0 Å². The van der Waals surface area contributed by atoms with Crippen LogP contribution in [0.1, 0.15) is 11.3 Å². The number of aryl methyl sites for hydroxylation is 1. The highest BCUT2D eigenvalue weighted by Crippen LogP contribution is 2.31. The van der Waals surface area contributed by atoms with Crippen LogP contribution in [0.2, 0.25) is 0 Å². The molecule has 0 fully saturated rings. The number of nitrogens with zero attached hydrogens (tertiary/aromatic N) is 1. The van der Waals surface area contributed by atoms with E-state index in [0.29, 0.717) is 12.2 Å². The minimum absolute atomic E-state index is 0.429. The van der Waals surface area contributed by atoms with Gasteiger partial charge >= 0.3 is 5.97 Å². The van der Waals surface area contributed by atoms with E-state index < -0.39 is 12.1 Å². The molecule has 0 amide bonds. The molecule has 1 aliphatic rings. The van der Waals surface area contributed by atoms with Gasteiger partial charge in [-0.3, -0.25) is 0 Å². The topological polar surface area (TPSA) is 51.5 Å². The molecule has 0 saturated carbocycles. The van der Waals surface area contributed by atoms with Gasteiger partial charge < -0.3 is 14.4 Å². The summed E-state index contributed by atoms with van der Waals surface area (Å²) in [6.45, 7) is 2.03. The third kappa shape index (κ3) is 1.66. The SMILES string of the molecule is Cc1cccn1-c1ccc2c(c1)CC(C(=O)O)O2. The number of hydrogen-bond acceptors (Lipinski definition) is 2. The van der Waals surface area contributed by atoms with E-state index in [0.717, 1.165) is 16.9 Å². The molecule has 4 nitrogen and oxygen atoms in total. The van der Waals surface area contributed by atoms with Gasteiger partial charge in [-0.15, -0.1) is 0 Å². The first-order chi connectivity index (χ1) is 8.65. The Kier molecular flexibility index (Phi) is 2.37. The van der Waals surface area contributed by atoms with Crippen molar-refractivity contribution in [3.8, 4) is 11.4 Å². The molecule has 0 saturated heterocycles. The predicted octanol–water partition coefficient (Wildman–Crippen LogP) is 2.17. The van der Waals surface area contributed by atoms with Crippen LogP contribution in [0.25, 0.3) is 5.69 Å². The molecule has 2 aromatic rings. The van der Waals surface area contributed by atoms with E-state index in [1.165, 1.54) is 0 Å². The minimum atomic E-state index is -0.912. The Labute approximate surface area is 104 Å². The molecule has 3 rings (SSSR count). The van der Waals surface area contributed by atoms with Gasteiger partial charge in [0.05, 0.1) is 0 Å². The summed E-state index contributed by atoms with van der Waals surface area (Å²) >= 11 is 0. The van der Waals surface area contributed by atoms with E-state index in [9.17, 15) is 4.79 Å². The summed E-state index contributed by atoms with van der Waals surface area (Å²) < 4.78 is 7.43. The highest BCUT2D eigenvalue weighted by Gasteiger charge is 2.28. The number of carboxylic acid groups (broad SMARTS) is 1. The Hall–Kier alpha value is -2.23. The fourth-order valence-corrected chi connectivity index (χ4v) is 2.28.